The van der Waals surface area contributed by atoms with Gasteiger partial charge in [0, 0.05) is 16.0 Å². The summed E-state index contributed by atoms with van der Waals surface area (Å²) in [6.07, 6.45) is 0. The van der Waals surface area contributed by atoms with Gasteiger partial charge < -0.3 is 10.1 Å². The lowest BCUT2D eigenvalue weighted by molar-refractivity contribution is -0.116. The zero-order chi connectivity index (χ0) is 22.0. The minimum absolute atomic E-state index is 0.0367. The van der Waals surface area contributed by atoms with E-state index in [2.05, 4.69) is 20.5 Å². The summed E-state index contributed by atoms with van der Waals surface area (Å²) in [7, 11) is 1.63. The van der Waals surface area contributed by atoms with E-state index in [1.807, 2.05) is 62.4 Å². The topological polar surface area (TPSA) is 84.8 Å². The molecule has 0 bridgehead atoms. The van der Waals surface area contributed by atoms with E-state index in [0.29, 0.717) is 15.7 Å². The molecule has 0 saturated carbocycles. The molecular weight excluding hydrogens is 430 g/mol. The summed E-state index contributed by atoms with van der Waals surface area (Å²) in [6, 6.07) is 15.6. The maximum Gasteiger partial charge on any atom is 0.246 e. The normalized spacial score (nSPS) is 10.8. The Balaban J connectivity index is 1.52. The second-order valence-electron chi connectivity index (χ2n) is 7.01. The Bertz CT molecular complexity index is 1270. The van der Waals surface area contributed by atoms with Gasteiger partial charge >= 0.3 is 0 Å². The lowest BCUT2D eigenvalue weighted by atomic mass is 10.1. The van der Waals surface area contributed by atoms with Crippen LogP contribution in [0.5, 0.6) is 5.75 Å². The smallest absolute Gasteiger partial charge is 0.246 e. The molecule has 2 N–H and O–H groups in total. The van der Waals surface area contributed by atoms with Crippen LogP contribution in [0.2, 0.25) is 0 Å². The number of carbonyl (C=O) groups excluding carboxylic acids is 1. The number of amides is 1. The molecule has 0 saturated heterocycles. The number of aromatic amines is 1. The number of thiazole rings is 1. The highest BCUT2D eigenvalue weighted by atomic mass is 32.1. The maximum atomic E-state index is 12.7. The van der Waals surface area contributed by atoms with Gasteiger partial charge in [0.15, 0.2) is 15.7 Å². The Morgan fingerprint density at radius 3 is 2.48 bits per heavy atom. The van der Waals surface area contributed by atoms with Gasteiger partial charge in [-0.15, -0.1) is 11.3 Å². The van der Waals surface area contributed by atoms with Crippen LogP contribution in [-0.4, -0.2) is 32.8 Å². The summed E-state index contributed by atoms with van der Waals surface area (Å²) in [5.74, 6) is 1.18. The molecule has 2 heterocycles. The predicted octanol–water partition coefficient (Wildman–Crippen LogP) is 5.00. The Labute approximate surface area is 188 Å². The Kier molecular flexibility index (Phi) is 5.97. The maximum absolute atomic E-state index is 12.7. The number of aryl methyl sites for hydroxylation is 2. The fourth-order valence-corrected chi connectivity index (χ4v) is 4.21. The summed E-state index contributed by atoms with van der Waals surface area (Å²) in [6.45, 7) is 4.04. The van der Waals surface area contributed by atoms with Gasteiger partial charge in [-0.25, -0.2) is 4.98 Å². The molecular formula is C22H21N5O2S2. The van der Waals surface area contributed by atoms with Crippen LogP contribution in [0.25, 0.3) is 22.6 Å². The third-order valence-electron chi connectivity index (χ3n) is 4.78. The van der Waals surface area contributed by atoms with Gasteiger partial charge in [-0.2, -0.15) is 5.10 Å². The van der Waals surface area contributed by atoms with E-state index in [0.717, 1.165) is 33.0 Å². The van der Waals surface area contributed by atoms with Crippen molar-refractivity contribution in [2.75, 3.05) is 12.4 Å². The second-order valence-corrected chi connectivity index (χ2v) is 8.59. The van der Waals surface area contributed by atoms with Gasteiger partial charge in [-0.3, -0.25) is 14.5 Å². The summed E-state index contributed by atoms with van der Waals surface area (Å²) in [5.41, 5.74) is 3.84. The lowest BCUT2D eigenvalue weighted by Gasteiger charge is -2.07. The van der Waals surface area contributed by atoms with E-state index in [1.54, 1.807) is 11.7 Å². The van der Waals surface area contributed by atoms with Crippen molar-refractivity contribution in [1.82, 2.24) is 19.7 Å². The van der Waals surface area contributed by atoms with E-state index in [-0.39, 0.29) is 12.5 Å². The molecule has 9 heteroatoms. The summed E-state index contributed by atoms with van der Waals surface area (Å²) < 4.78 is 7.28. The van der Waals surface area contributed by atoms with E-state index in [4.69, 9.17) is 17.0 Å². The summed E-state index contributed by atoms with van der Waals surface area (Å²) >= 11 is 6.77. The van der Waals surface area contributed by atoms with Crippen LogP contribution in [-0.2, 0) is 11.3 Å². The highest BCUT2D eigenvalue weighted by Crippen LogP contribution is 2.31. The van der Waals surface area contributed by atoms with Crippen LogP contribution in [0, 0.1) is 18.6 Å². The van der Waals surface area contributed by atoms with Crippen molar-refractivity contribution < 1.29 is 9.53 Å². The van der Waals surface area contributed by atoms with E-state index in [1.165, 1.54) is 11.3 Å². The molecule has 31 heavy (non-hydrogen) atoms. The number of rotatable bonds is 6. The van der Waals surface area contributed by atoms with Gasteiger partial charge in [0.1, 0.15) is 12.3 Å². The largest absolute Gasteiger partial charge is 0.497 e. The molecule has 0 spiro atoms. The SMILES string of the molecule is COc1ccc(-c2nc(NC(=O)Cn3c(-c4ccc(C)cc4)n[nH]c3=S)sc2C)cc1. The molecule has 158 valence electrons. The molecule has 0 unspecified atom stereocenters. The van der Waals surface area contributed by atoms with E-state index >= 15 is 0 Å². The van der Waals surface area contributed by atoms with Gasteiger partial charge in [0.2, 0.25) is 5.91 Å². The standard InChI is InChI=1S/C22H21N5O2S2/c1-13-4-6-16(7-5-13)20-25-26-22(30)27(20)12-18(28)23-21-24-19(14(2)31-21)15-8-10-17(29-3)11-9-15/h4-11H,12H2,1-3H3,(H,26,30)(H,23,24,28). The van der Waals surface area contributed by atoms with Crippen molar-refractivity contribution in [1.29, 1.82) is 0 Å². The molecule has 4 aromatic rings. The number of carbonyl (C=O) groups is 1. The molecule has 0 atom stereocenters. The van der Waals surface area contributed by atoms with Crippen molar-refractivity contribution in [3.63, 3.8) is 0 Å². The molecule has 1 amide bonds. The van der Waals surface area contributed by atoms with Crippen molar-refractivity contribution >= 4 is 34.6 Å². The van der Waals surface area contributed by atoms with Gasteiger partial charge in [-0.1, -0.05) is 29.8 Å². The molecule has 7 nitrogen and oxygen atoms in total. The monoisotopic (exact) mass is 451 g/mol. The first kappa shape index (κ1) is 21.0. The third-order valence-corrected chi connectivity index (χ3v) is 5.97. The Hall–Kier alpha value is -3.30. The summed E-state index contributed by atoms with van der Waals surface area (Å²) in [5, 5.41) is 10.5. The van der Waals surface area contributed by atoms with E-state index < -0.39 is 0 Å². The number of aromatic nitrogens is 4. The lowest BCUT2D eigenvalue weighted by Crippen LogP contribution is -2.19. The predicted molar refractivity (Wildman–Crippen MR) is 125 cm³/mol. The van der Waals surface area contributed by atoms with Gasteiger partial charge in [-0.05, 0) is 50.3 Å². The third kappa shape index (κ3) is 4.57. The van der Waals surface area contributed by atoms with E-state index in [9.17, 15) is 4.79 Å². The molecule has 0 aliphatic heterocycles. The average molecular weight is 452 g/mol. The minimum atomic E-state index is -0.221. The first-order chi connectivity index (χ1) is 14.9. The number of hydrogen-bond donors (Lipinski definition) is 2. The molecule has 2 aromatic carbocycles. The van der Waals surface area contributed by atoms with Crippen molar-refractivity contribution in [3.8, 4) is 28.4 Å². The number of methoxy groups -OCH3 is 1. The molecule has 2 aromatic heterocycles. The zero-order valence-corrected chi connectivity index (χ0v) is 18.9. The number of H-pyrrole nitrogens is 1. The van der Waals surface area contributed by atoms with Crippen LogP contribution in [0.15, 0.2) is 48.5 Å². The number of nitrogens with one attached hydrogen (secondary N) is 2. The average Bonchev–Trinajstić information content (AvgIpc) is 3.31. The quantitative estimate of drug-likeness (QED) is 0.403. The highest BCUT2D eigenvalue weighted by Gasteiger charge is 2.15. The zero-order valence-electron chi connectivity index (χ0n) is 17.3. The fraction of sp³-hybridized carbons (Fsp3) is 0.182. The number of anilines is 1. The van der Waals surface area contributed by atoms with Crippen molar-refractivity contribution in [2.45, 2.75) is 20.4 Å². The highest BCUT2D eigenvalue weighted by molar-refractivity contribution is 7.71. The van der Waals surface area contributed by atoms with Crippen LogP contribution in [0.3, 0.4) is 0 Å². The first-order valence-corrected chi connectivity index (χ1v) is 10.8. The second kappa shape index (κ2) is 8.83. The molecule has 0 aliphatic rings. The van der Waals surface area contributed by atoms with Gasteiger partial charge in [0.25, 0.3) is 0 Å². The fourth-order valence-electron chi connectivity index (χ4n) is 3.16. The van der Waals surface area contributed by atoms with Crippen molar-refractivity contribution in [2.24, 2.45) is 0 Å². The number of ether oxygens (including phenoxy) is 1. The number of hydrogen-bond acceptors (Lipinski definition) is 6. The summed E-state index contributed by atoms with van der Waals surface area (Å²) in [4.78, 5) is 18.4. The van der Waals surface area contributed by atoms with Crippen LogP contribution < -0.4 is 10.1 Å². The Morgan fingerprint density at radius 1 is 1.13 bits per heavy atom. The van der Waals surface area contributed by atoms with Gasteiger partial charge in [0.05, 0.1) is 12.8 Å². The molecule has 4 rings (SSSR count). The van der Waals surface area contributed by atoms with Crippen LogP contribution in [0.1, 0.15) is 10.4 Å². The minimum Gasteiger partial charge on any atom is -0.497 e. The van der Waals surface area contributed by atoms with Crippen LogP contribution >= 0.6 is 23.6 Å². The van der Waals surface area contributed by atoms with Crippen molar-refractivity contribution in [3.05, 3.63) is 63.7 Å². The molecule has 0 fully saturated rings. The number of nitrogens with zero attached hydrogens (tertiary/aromatic N) is 3. The molecule has 0 aliphatic carbocycles. The van der Waals surface area contributed by atoms with Crippen LogP contribution in [0.4, 0.5) is 5.13 Å². The number of benzene rings is 2. The molecule has 0 radical (unpaired) electrons. The first-order valence-electron chi connectivity index (χ1n) is 9.58. The Morgan fingerprint density at radius 2 is 1.81 bits per heavy atom.